The zero-order valence-corrected chi connectivity index (χ0v) is 19.9. The number of halogens is 2. The number of nitrogen functional groups attached to an aromatic ring is 1. The molecule has 1 aromatic heterocycles. The van der Waals surface area contributed by atoms with Gasteiger partial charge < -0.3 is 15.4 Å². The number of carbonyl (C=O) groups excluding carboxylic acids is 2. The first-order valence-corrected chi connectivity index (χ1v) is 11.9. The summed E-state index contributed by atoms with van der Waals surface area (Å²) < 4.78 is 22.4. The Hall–Kier alpha value is -3.59. The first kappa shape index (κ1) is 23.2. The lowest BCUT2D eigenvalue weighted by molar-refractivity contribution is -0.0418. The number of nitrogens with two attached hydrogens (primary N) is 1. The summed E-state index contributed by atoms with van der Waals surface area (Å²) in [5.41, 5.74) is 6.80. The van der Waals surface area contributed by atoms with Crippen LogP contribution in [0, 0.1) is 5.82 Å². The third-order valence-electron chi connectivity index (χ3n) is 6.75. The SMILES string of the molecule is CCC(c1ccccc1)n1ncc(C(=O)N2CCC[C@@]3(C2)OC(=O)Nc2ccc(Cl)c(F)c23)c1N. The Bertz CT molecular complexity index is 1300. The minimum Gasteiger partial charge on any atom is -0.436 e. The standard InChI is InChI=1S/C25H25ClFN5O3/c1-2-19(15-7-4-3-5-8-15)32-22(28)16(13-29-32)23(33)31-12-6-11-25(14-31)20-18(30-24(34)35-25)10-9-17(26)21(20)27/h3-5,7-10,13,19H,2,6,11-12,14,28H2,1H3,(H,30,34)/t19?,25-/m0/s1. The number of hydrogen-bond donors (Lipinski definition) is 2. The molecule has 3 N–H and O–H groups in total. The Kier molecular flexibility index (Phi) is 5.88. The van der Waals surface area contributed by atoms with Crippen LogP contribution in [0.5, 0.6) is 0 Å². The smallest absolute Gasteiger partial charge is 0.412 e. The third kappa shape index (κ3) is 3.89. The van der Waals surface area contributed by atoms with Crippen molar-refractivity contribution in [1.29, 1.82) is 0 Å². The van der Waals surface area contributed by atoms with Crippen LogP contribution in [0.3, 0.4) is 0 Å². The van der Waals surface area contributed by atoms with E-state index in [0.717, 1.165) is 12.0 Å². The number of fused-ring (bicyclic) bond motifs is 2. The molecule has 182 valence electrons. The molecule has 2 aliphatic rings. The zero-order chi connectivity index (χ0) is 24.7. The van der Waals surface area contributed by atoms with E-state index in [1.165, 1.54) is 17.2 Å². The molecule has 1 spiro atoms. The number of nitrogens with zero attached hydrogens (tertiary/aromatic N) is 3. The molecule has 2 amide bonds. The normalized spacial score (nSPS) is 20.2. The molecular formula is C25H25ClFN5O3. The minimum absolute atomic E-state index is 0.0238. The Morgan fingerprint density at radius 1 is 1.31 bits per heavy atom. The fraction of sp³-hybridized carbons (Fsp3) is 0.320. The largest absolute Gasteiger partial charge is 0.436 e. The van der Waals surface area contributed by atoms with E-state index in [4.69, 9.17) is 22.1 Å². The maximum atomic E-state index is 15.1. The second-order valence-corrected chi connectivity index (χ2v) is 9.25. The number of hydrogen-bond acceptors (Lipinski definition) is 5. The Morgan fingerprint density at radius 2 is 2.09 bits per heavy atom. The lowest BCUT2D eigenvalue weighted by Crippen LogP contribution is -2.53. The molecule has 3 aromatic rings. The highest BCUT2D eigenvalue weighted by Crippen LogP contribution is 2.45. The van der Waals surface area contributed by atoms with Gasteiger partial charge in [0.25, 0.3) is 5.91 Å². The molecule has 2 aromatic carbocycles. The number of ether oxygens (including phenoxy) is 1. The van der Waals surface area contributed by atoms with E-state index in [1.807, 2.05) is 37.3 Å². The summed E-state index contributed by atoms with van der Waals surface area (Å²) in [6.45, 7) is 2.41. The van der Waals surface area contributed by atoms with Crippen molar-refractivity contribution in [2.45, 2.75) is 37.8 Å². The van der Waals surface area contributed by atoms with Crippen molar-refractivity contribution in [3.63, 3.8) is 0 Å². The van der Waals surface area contributed by atoms with Crippen molar-refractivity contribution >= 4 is 35.1 Å². The molecule has 35 heavy (non-hydrogen) atoms. The van der Waals surface area contributed by atoms with E-state index in [-0.39, 0.29) is 40.5 Å². The molecule has 2 atom stereocenters. The van der Waals surface area contributed by atoms with Crippen molar-refractivity contribution in [3.05, 3.63) is 76.2 Å². The lowest BCUT2D eigenvalue weighted by Gasteiger charge is -2.45. The predicted molar refractivity (Wildman–Crippen MR) is 130 cm³/mol. The number of aromatic nitrogens is 2. The number of rotatable bonds is 4. The molecule has 1 fully saturated rings. The van der Waals surface area contributed by atoms with Gasteiger partial charge in [0.15, 0.2) is 11.4 Å². The molecule has 1 unspecified atom stereocenters. The molecule has 0 saturated carbocycles. The topological polar surface area (TPSA) is 102 Å². The highest BCUT2D eigenvalue weighted by Gasteiger charge is 2.49. The van der Waals surface area contributed by atoms with Gasteiger partial charge in [-0.1, -0.05) is 48.9 Å². The Morgan fingerprint density at radius 3 is 2.83 bits per heavy atom. The van der Waals surface area contributed by atoms with Gasteiger partial charge >= 0.3 is 6.09 Å². The molecule has 0 aliphatic carbocycles. The summed E-state index contributed by atoms with van der Waals surface area (Å²) in [4.78, 5) is 27.4. The van der Waals surface area contributed by atoms with Crippen LogP contribution in [0.2, 0.25) is 5.02 Å². The van der Waals surface area contributed by atoms with Gasteiger partial charge in [0.05, 0.1) is 35.1 Å². The molecule has 0 bridgehead atoms. The number of piperidine rings is 1. The zero-order valence-electron chi connectivity index (χ0n) is 19.1. The molecule has 10 heteroatoms. The number of likely N-dealkylation sites (tertiary alicyclic amines) is 1. The first-order valence-electron chi connectivity index (χ1n) is 11.5. The molecule has 8 nitrogen and oxygen atoms in total. The van der Waals surface area contributed by atoms with Crippen LogP contribution in [0.1, 0.15) is 53.7 Å². The van der Waals surface area contributed by atoms with Crippen LogP contribution in [0.25, 0.3) is 0 Å². The van der Waals surface area contributed by atoms with E-state index < -0.39 is 17.5 Å². The van der Waals surface area contributed by atoms with Gasteiger partial charge in [-0.3, -0.25) is 10.1 Å². The monoisotopic (exact) mass is 497 g/mol. The third-order valence-corrected chi connectivity index (χ3v) is 7.04. The van der Waals surface area contributed by atoms with Crippen LogP contribution in [0.4, 0.5) is 20.7 Å². The van der Waals surface area contributed by atoms with Gasteiger partial charge in [0.1, 0.15) is 11.4 Å². The fourth-order valence-electron chi connectivity index (χ4n) is 5.13. The summed E-state index contributed by atoms with van der Waals surface area (Å²) in [6.07, 6.45) is 2.35. The van der Waals surface area contributed by atoms with E-state index in [1.54, 1.807) is 10.7 Å². The molecule has 0 radical (unpaired) electrons. The number of carbonyl (C=O) groups is 2. The predicted octanol–water partition coefficient (Wildman–Crippen LogP) is 4.95. The van der Waals surface area contributed by atoms with Gasteiger partial charge in [-0.25, -0.2) is 13.9 Å². The van der Waals surface area contributed by atoms with Crippen molar-refractivity contribution in [2.75, 3.05) is 24.1 Å². The van der Waals surface area contributed by atoms with Gasteiger partial charge in [-0.2, -0.15) is 5.10 Å². The molecule has 5 rings (SSSR count). The molecule has 2 aliphatic heterocycles. The summed E-state index contributed by atoms with van der Waals surface area (Å²) >= 11 is 6.05. The van der Waals surface area contributed by atoms with Gasteiger partial charge in [0.2, 0.25) is 0 Å². The lowest BCUT2D eigenvalue weighted by atomic mass is 9.83. The van der Waals surface area contributed by atoms with E-state index in [0.29, 0.717) is 25.1 Å². The van der Waals surface area contributed by atoms with Crippen LogP contribution in [0.15, 0.2) is 48.7 Å². The van der Waals surface area contributed by atoms with Crippen molar-refractivity contribution in [3.8, 4) is 0 Å². The van der Waals surface area contributed by atoms with Crippen LogP contribution >= 0.6 is 11.6 Å². The number of benzene rings is 2. The van der Waals surface area contributed by atoms with Crippen LogP contribution < -0.4 is 11.1 Å². The van der Waals surface area contributed by atoms with Gasteiger partial charge in [0, 0.05) is 6.54 Å². The summed E-state index contributed by atoms with van der Waals surface area (Å²) in [5.74, 6) is -0.768. The summed E-state index contributed by atoms with van der Waals surface area (Å²) in [6, 6.07) is 12.6. The van der Waals surface area contributed by atoms with E-state index >= 15 is 4.39 Å². The number of nitrogens with one attached hydrogen (secondary N) is 1. The second kappa shape index (κ2) is 8.88. The van der Waals surface area contributed by atoms with Gasteiger partial charge in [-0.15, -0.1) is 0 Å². The van der Waals surface area contributed by atoms with E-state index in [9.17, 15) is 9.59 Å². The highest BCUT2D eigenvalue weighted by atomic mass is 35.5. The average molecular weight is 498 g/mol. The number of anilines is 2. The quantitative estimate of drug-likeness (QED) is 0.531. The molecular weight excluding hydrogens is 473 g/mol. The maximum absolute atomic E-state index is 15.1. The highest BCUT2D eigenvalue weighted by molar-refractivity contribution is 6.31. The molecule has 3 heterocycles. The Balaban J connectivity index is 1.47. The second-order valence-electron chi connectivity index (χ2n) is 8.85. The summed E-state index contributed by atoms with van der Waals surface area (Å²) in [7, 11) is 0. The summed E-state index contributed by atoms with van der Waals surface area (Å²) in [5, 5.41) is 6.87. The van der Waals surface area contributed by atoms with E-state index in [2.05, 4.69) is 10.4 Å². The maximum Gasteiger partial charge on any atom is 0.412 e. The van der Waals surface area contributed by atoms with Crippen molar-refractivity contribution in [1.82, 2.24) is 14.7 Å². The minimum atomic E-state index is -1.35. The van der Waals surface area contributed by atoms with Crippen LogP contribution in [-0.2, 0) is 10.3 Å². The first-order chi connectivity index (χ1) is 16.8. The van der Waals surface area contributed by atoms with Crippen molar-refractivity contribution < 1.29 is 18.7 Å². The Labute approximate surface area is 206 Å². The van der Waals surface area contributed by atoms with Crippen molar-refractivity contribution in [2.24, 2.45) is 0 Å². The number of amides is 2. The molecule has 1 saturated heterocycles. The van der Waals surface area contributed by atoms with Gasteiger partial charge in [-0.05, 0) is 37.0 Å². The van der Waals surface area contributed by atoms with Crippen LogP contribution in [-0.4, -0.2) is 39.8 Å². The average Bonchev–Trinajstić information content (AvgIpc) is 3.23. The fourth-order valence-corrected chi connectivity index (χ4v) is 5.28.